The summed E-state index contributed by atoms with van der Waals surface area (Å²) in [6.45, 7) is 0. The number of carbonyl (C=O) groups excluding carboxylic acids is 4. The summed E-state index contributed by atoms with van der Waals surface area (Å²) in [4.78, 5) is 47.7. The van der Waals surface area contributed by atoms with E-state index in [1.807, 2.05) is 0 Å². The molecule has 8 heteroatoms. The Morgan fingerprint density at radius 2 is 1.11 bits per heavy atom. The predicted octanol–water partition coefficient (Wildman–Crippen LogP) is 2.30. The van der Waals surface area contributed by atoms with Gasteiger partial charge >= 0.3 is 17.9 Å². The molecule has 27 heavy (non-hydrogen) atoms. The lowest BCUT2D eigenvalue weighted by atomic mass is 10.1. The van der Waals surface area contributed by atoms with Crippen LogP contribution in [0.4, 0.5) is 5.69 Å². The van der Waals surface area contributed by atoms with Gasteiger partial charge in [-0.25, -0.2) is 14.4 Å². The molecule has 0 saturated heterocycles. The van der Waals surface area contributed by atoms with Gasteiger partial charge in [-0.05, 0) is 36.4 Å². The molecule has 2 aromatic rings. The molecular formula is C19H17NO7. The molecule has 2 aromatic carbocycles. The predicted molar refractivity (Wildman–Crippen MR) is 94.9 cm³/mol. The van der Waals surface area contributed by atoms with Crippen molar-refractivity contribution in [3.05, 3.63) is 64.7 Å². The lowest BCUT2D eigenvalue weighted by Crippen LogP contribution is -2.15. The first-order valence-corrected chi connectivity index (χ1v) is 7.71. The monoisotopic (exact) mass is 371 g/mol. The van der Waals surface area contributed by atoms with Crippen LogP contribution in [0.3, 0.4) is 0 Å². The minimum atomic E-state index is -0.677. The molecule has 0 atom stereocenters. The van der Waals surface area contributed by atoms with Crippen molar-refractivity contribution in [2.75, 3.05) is 26.6 Å². The Morgan fingerprint density at radius 1 is 0.667 bits per heavy atom. The zero-order valence-electron chi connectivity index (χ0n) is 14.9. The van der Waals surface area contributed by atoms with Gasteiger partial charge in [-0.15, -0.1) is 0 Å². The maximum absolute atomic E-state index is 12.5. The van der Waals surface area contributed by atoms with Crippen molar-refractivity contribution >= 4 is 29.5 Å². The molecule has 0 bridgehead atoms. The zero-order chi connectivity index (χ0) is 20.0. The number of ether oxygens (including phenoxy) is 3. The summed E-state index contributed by atoms with van der Waals surface area (Å²) in [6, 6.07) is 9.94. The van der Waals surface area contributed by atoms with Crippen LogP contribution in [-0.2, 0) is 14.2 Å². The summed E-state index contributed by atoms with van der Waals surface area (Å²) in [5.41, 5.74) is 0.731. The summed E-state index contributed by atoms with van der Waals surface area (Å²) in [5, 5.41) is 2.57. The van der Waals surface area contributed by atoms with Crippen LogP contribution in [0.1, 0.15) is 41.4 Å². The number of anilines is 1. The van der Waals surface area contributed by atoms with Gasteiger partial charge in [0.2, 0.25) is 0 Å². The van der Waals surface area contributed by atoms with Gasteiger partial charge in [0, 0.05) is 11.3 Å². The minimum absolute atomic E-state index is 0.0685. The molecule has 0 fully saturated rings. The van der Waals surface area contributed by atoms with Crippen LogP contribution in [-0.4, -0.2) is 45.1 Å². The highest BCUT2D eigenvalue weighted by Crippen LogP contribution is 2.18. The first-order valence-electron chi connectivity index (χ1n) is 7.71. The Kier molecular flexibility index (Phi) is 6.27. The van der Waals surface area contributed by atoms with Crippen molar-refractivity contribution in [3.63, 3.8) is 0 Å². The average molecular weight is 371 g/mol. The second-order valence-corrected chi connectivity index (χ2v) is 5.31. The summed E-state index contributed by atoms with van der Waals surface area (Å²) in [5.74, 6) is -2.48. The van der Waals surface area contributed by atoms with Gasteiger partial charge in [0.25, 0.3) is 5.91 Å². The zero-order valence-corrected chi connectivity index (χ0v) is 14.9. The highest BCUT2D eigenvalue weighted by Gasteiger charge is 2.16. The number of hydrogen-bond donors (Lipinski definition) is 1. The quantitative estimate of drug-likeness (QED) is 0.634. The third kappa shape index (κ3) is 4.69. The van der Waals surface area contributed by atoms with Gasteiger partial charge in [0.05, 0.1) is 38.0 Å². The molecule has 0 heterocycles. The van der Waals surface area contributed by atoms with E-state index in [1.54, 1.807) is 0 Å². The van der Waals surface area contributed by atoms with E-state index in [1.165, 1.54) is 63.8 Å². The minimum Gasteiger partial charge on any atom is -0.465 e. The van der Waals surface area contributed by atoms with E-state index in [2.05, 4.69) is 19.5 Å². The molecule has 0 aliphatic carbocycles. The largest absolute Gasteiger partial charge is 0.465 e. The maximum atomic E-state index is 12.5. The van der Waals surface area contributed by atoms with Crippen LogP contribution in [0.15, 0.2) is 42.5 Å². The molecule has 0 radical (unpaired) electrons. The Bertz CT molecular complexity index is 870. The van der Waals surface area contributed by atoms with Crippen LogP contribution in [0.5, 0.6) is 0 Å². The third-order valence-electron chi connectivity index (χ3n) is 3.58. The maximum Gasteiger partial charge on any atom is 0.337 e. The van der Waals surface area contributed by atoms with E-state index in [9.17, 15) is 19.2 Å². The SMILES string of the molecule is COC(=O)c1cccc(C(=O)Nc2cc(C(=O)OC)cc(C(=O)OC)c2)c1. The summed E-state index contributed by atoms with van der Waals surface area (Å²) < 4.78 is 13.9. The normalized spacial score (nSPS) is 9.89. The second kappa shape index (κ2) is 8.61. The highest BCUT2D eigenvalue weighted by atomic mass is 16.5. The van der Waals surface area contributed by atoms with Crippen molar-refractivity contribution in [2.45, 2.75) is 0 Å². The van der Waals surface area contributed by atoms with Crippen LogP contribution < -0.4 is 5.32 Å². The van der Waals surface area contributed by atoms with E-state index in [0.717, 1.165) is 0 Å². The Hall–Kier alpha value is -3.68. The molecule has 0 aromatic heterocycles. The van der Waals surface area contributed by atoms with Gasteiger partial charge in [-0.1, -0.05) is 6.07 Å². The Balaban J connectivity index is 2.35. The van der Waals surface area contributed by atoms with Crippen molar-refractivity contribution in [1.29, 1.82) is 0 Å². The smallest absolute Gasteiger partial charge is 0.337 e. The van der Waals surface area contributed by atoms with Gasteiger partial charge in [-0.3, -0.25) is 4.79 Å². The number of hydrogen-bond acceptors (Lipinski definition) is 7. The summed E-state index contributed by atoms with van der Waals surface area (Å²) >= 11 is 0. The molecule has 0 unspecified atom stereocenters. The lowest BCUT2D eigenvalue weighted by Gasteiger charge is -2.10. The lowest BCUT2D eigenvalue weighted by molar-refractivity contribution is 0.0587. The fourth-order valence-corrected chi connectivity index (χ4v) is 2.28. The van der Waals surface area contributed by atoms with Gasteiger partial charge in [-0.2, -0.15) is 0 Å². The van der Waals surface area contributed by atoms with Gasteiger partial charge < -0.3 is 19.5 Å². The van der Waals surface area contributed by atoms with Crippen molar-refractivity contribution in [3.8, 4) is 0 Å². The molecule has 8 nitrogen and oxygen atoms in total. The highest BCUT2D eigenvalue weighted by molar-refractivity contribution is 6.07. The second-order valence-electron chi connectivity index (χ2n) is 5.31. The molecule has 0 aliphatic heterocycles. The van der Waals surface area contributed by atoms with Crippen LogP contribution in [0.25, 0.3) is 0 Å². The van der Waals surface area contributed by atoms with Gasteiger partial charge in [0.15, 0.2) is 0 Å². The molecule has 0 spiro atoms. The van der Waals surface area contributed by atoms with Crippen LogP contribution >= 0.6 is 0 Å². The number of carbonyl (C=O) groups is 4. The van der Waals surface area contributed by atoms with Crippen molar-refractivity contribution < 1.29 is 33.4 Å². The number of benzene rings is 2. The summed E-state index contributed by atoms with van der Waals surface area (Å²) in [7, 11) is 3.63. The number of esters is 3. The van der Waals surface area contributed by atoms with E-state index in [0.29, 0.717) is 0 Å². The molecule has 0 saturated carbocycles. The molecule has 1 amide bonds. The number of methoxy groups -OCH3 is 3. The Labute approximate surface area is 155 Å². The van der Waals surface area contributed by atoms with Crippen molar-refractivity contribution in [2.24, 2.45) is 0 Å². The van der Waals surface area contributed by atoms with Crippen LogP contribution in [0, 0.1) is 0 Å². The topological polar surface area (TPSA) is 108 Å². The fraction of sp³-hybridized carbons (Fsp3) is 0.158. The van der Waals surface area contributed by atoms with E-state index < -0.39 is 23.8 Å². The molecule has 2 rings (SSSR count). The standard InChI is InChI=1S/C19H17NO7/c1-25-17(22)12-6-4-5-11(7-12)16(21)20-15-9-13(18(23)26-2)8-14(10-15)19(24)27-3/h4-10H,1-3H3,(H,20,21). The summed E-state index contributed by atoms with van der Waals surface area (Å²) in [6.07, 6.45) is 0. The molecule has 0 aliphatic rings. The molecule has 140 valence electrons. The first-order chi connectivity index (χ1) is 12.9. The Morgan fingerprint density at radius 3 is 1.63 bits per heavy atom. The number of nitrogens with one attached hydrogen (secondary N) is 1. The first kappa shape index (κ1) is 19.6. The van der Waals surface area contributed by atoms with Crippen molar-refractivity contribution in [1.82, 2.24) is 0 Å². The molecular weight excluding hydrogens is 354 g/mol. The van der Waals surface area contributed by atoms with Crippen LogP contribution in [0.2, 0.25) is 0 Å². The third-order valence-corrected chi connectivity index (χ3v) is 3.58. The number of rotatable bonds is 5. The fourth-order valence-electron chi connectivity index (χ4n) is 2.28. The van der Waals surface area contributed by atoms with E-state index >= 15 is 0 Å². The van der Waals surface area contributed by atoms with E-state index in [4.69, 9.17) is 0 Å². The average Bonchev–Trinajstić information content (AvgIpc) is 2.71. The number of amides is 1. The van der Waals surface area contributed by atoms with Gasteiger partial charge in [0.1, 0.15) is 0 Å². The molecule has 1 N–H and O–H groups in total. The van der Waals surface area contributed by atoms with E-state index in [-0.39, 0.29) is 27.9 Å².